The van der Waals surface area contributed by atoms with E-state index in [-0.39, 0.29) is 36.5 Å². The van der Waals surface area contributed by atoms with Gasteiger partial charge in [-0.05, 0) is 13.0 Å². The highest BCUT2D eigenvalue weighted by Crippen LogP contribution is 2.03. The summed E-state index contributed by atoms with van der Waals surface area (Å²) < 4.78 is 1.44. The Balaban J connectivity index is 0.00000162. The summed E-state index contributed by atoms with van der Waals surface area (Å²) in [5.74, 6) is 0.00676. The number of pyridine rings is 1. The van der Waals surface area contributed by atoms with Crippen molar-refractivity contribution in [2.45, 2.75) is 19.5 Å². The largest absolute Gasteiger partial charge is 0.336 e. The van der Waals surface area contributed by atoms with Crippen LogP contribution in [0.2, 0.25) is 0 Å². The maximum atomic E-state index is 12.1. The molecule has 1 amide bonds. The zero-order valence-electron chi connectivity index (χ0n) is 10.3. The first-order chi connectivity index (χ1) is 8.18. The third-order valence-electron chi connectivity index (χ3n) is 3.03. The predicted octanol–water partition coefficient (Wildman–Crippen LogP) is 0.0904. The normalized spacial score (nSPS) is 19.2. The Bertz CT molecular complexity index is 461. The number of amides is 1. The Morgan fingerprint density at radius 2 is 2.28 bits per heavy atom. The minimum Gasteiger partial charge on any atom is -0.336 e. The van der Waals surface area contributed by atoms with Crippen LogP contribution in [0.4, 0.5) is 0 Å². The standard InChI is InChI=1S/C12H17N3O2.ClH/c1-10-8-13-5-7-15(10)12(17)9-14-6-3-2-4-11(14)16;/h2-4,6,10,13H,5,7-9H2,1H3;1H/t10-;/m1./s1. The predicted molar refractivity (Wildman–Crippen MR) is 72.0 cm³/mol. The average molecular weight is 272 g/mol. The zero-order chi connectivity index (χ0) is 12.3. The molecule has 100 valence electrons. The van der Waals surface area contributed by atoms with Crippen molar-refractivity contribution in [3.63, 3.8) is 0 Å². The van der Waals surface area contributed by atoms with Gasteiger partial charge in [-0.3, -0.25) is 9.59 Å². The lowest BCUT2D eigenvalue weighted by Crippen LogP contribution is -2.53. The highest BCUT2D eigenvalue weighted by Gasteiger charge is 2.22. The summed E-state index contributed by atoms with van der Waals surface area (Å²) in [5.41, 5.74) is -0.136. The lowest BCUT2D eigenvalue weighted by atomic mass is 10.2. The minimum atomic E-state index is -0.136. The molecule has 18 heavy (non-hydrogen) atoms. The van der Waals surface area contributed by atoms with Crippen LogP contribution in [0.3, 0.4) is 0 Å². The van der Waals surface area contributed by atoms with Crippen LogP contribution in [0.1, 0.15) is 6.92 Å². The molecule has 1 saturated heterocycles. The summed E-state index contributed by atoms with van der Waals surface area (Å²) in [6.45, 7) is 4.48. The Morgan fingerprint density at radius 3 is 2.94 bits per heavy atom. The molecule has 0 unspecified atom stereocenters. The van der Waals surface area contributed by atoms with Gasteiger partial charge in [-0.2, -0.15) is 0 Å². The number of piperazine rings is 1. The lowest BCUT2D eigenvalue weighted by Gasteiger charge is -2.34. The van der Waals surface area contributed by atoms with Gasteiger partial charge in [0.1, 0.15) is 6.54 Å². The van der Waals surface area contributed by atoms with E-state index in [2.05, 4.69) is 5.32 Å². The van der Waals surface area contributed by atoms with Gasteiger partial charge in [0, 0.05) is 37.9 Å². The molecule has 0 aromatic carbocycles. The van der Waals surface area contributed by atoms with Crippen molar-refractivity contribution in [2.24, 2.45) is 0 Å². The van der Waals surface area contributed by atoms with Gasteiger partial charge in [0.25, 0.3) is 5.56 Å². The van der Waals surface area contributed by atoms with E-state index in [9.17, 15) is 9.59 Å². The quantitative estimate of drug-likeness (QED) is 0.830. The topological polar surface area (TPSA) is 54.3 Å². The first-order valence-corrected chi connectivity index (χ1v) is 5.84. The summed E-state index contributed by atoms with van der Waals surface area (Å²) in [7, 11) is 0. The van der Waals surface area contributed by atoms with Crippen molar-refractivity contribution in [2.75, 3.05) is 19.6 Å². The molecule has 1 atom stereocenters. The van der Waals surface area contributed by atoms with Gasteiger partial charge in [0.15, 0.2) is 0 Å². The Kier molecular flexibility index (Phi) is 5.37. The third-order valence-corrected chi connectivity index (χ3v) is 3.03. The van der Waals surface area contributed by atoms with Gasteiger partial charge >= 0.3 is 0 Å². The molecular weight excluding hydrogens is 254 g/mol. The van der Waals surface area contributed by atoms with Crippen LogP contribution in [0, 0.1) is 0 Å². The monoisotopic (exact) mass is 271 g/mol. The van der Waals surface area contributed by atoms with Crippen molar-refractivity contribution in [1.29, 1.82) is 0 Å². The smallest absolute Gasteiger partial charge is 0.250 e. The molecule has 0 aliphatic carbocycles. The Labute approximate surface area is 112 Å². The van der Waals surface area contributed by atoms with Crippen molar-refractivity contribution in [1.82, 2.24) is 14.8 Å². The zero-order valence-corrected chi connectivity index (χ0v) is 11.2. The summed E-state index contributed by atoms with van der Waals surface area (Å²) in [4.78, 5) is 25.4. The molecule has 1 aromatic heterocycles. The Morgan fingerprint density at radius 1 is 1.50 bits per heavy atom. The van der Waals surface area contributed by atoms with Gasteiger partial charge in [-0.15, -0.1) is 12.4 Å². The van der Waals surface area contributed by atoms with Gasteiger partial charge < -0.3 is 14.8 Å². The number of carbonyl (C=O) groups is 1. The van der Waals surface area contributed by atoms with Gasteiger partial charge in [-0.25, -0.2) is 0 Å². The van der Waals surface area contributed by atoms with Crippen molar-refractivity contribution in [3.8, 4) is 0 Å². The van der Waals surface area contributed by atoms with E-state index in [1.54, 1.807) is 18.3 Å². The number of carbonyl (C=O) groups excluding carboxylic acids is 1. The highest BCUT2D eigenvalue weighted by atomic mass is 35.5. The van der Waals surface area contributed by atoms with Crippen LogP contribution in [0.5, 0.6) is 0 Å². The van der Waals surface area contributed by atoms with Crippen molar-refractivity contribution in [3.05, 3.63) is 34.7 Å². The first kappa shape index (κ1) is 14.7. The molecule has 2 heterocycles. The van der Waals surface area contributed by atoms with Crippen LogP contribution in [-0.4, -0.2) is 41.1 Å². The summed E-state index contributed by atoms with van der Waals surface area (Å²) >= 11 is 0. The second-order valence-electron chi connectivity index (χ2n) is 4.31. The van der Waals surface area contributed by atoms with Crippen LogP contribution >= 0.6 is 12.4 Å². The first-order valence-electron chi connectivity index (χ1n) is 5.84. The van der Waals surface area contributed by atoms with Gasteiger partial charge in [0.2, 0.25) is 5.91 Å². The molecule has 0 bridgehead atoms. The average Bonchev–Trinajstić information content (AvgIpc) is 2.32. The molecule has 1 aliphatic heterocycles. The summed E-state index contributed by atoms with van der Waals surface area (Å²) in [6.07, 6.45) is 1.65. The van der Waals surface area contributed by atoms with E-state index < -0.39 is 0 Å². The van der Waals surface area contributed by atoms with E-state index in [1.165, 1.54) is 10.6 Å². The molecule has 0 saturated carbocycles. The van der Waals surface area contributed by atoms with Crippen molar-refractivity contribution < 1.29 is 4.79 Å². The van der Waals surface area contributed by atoms with Gasteiger partial charge in [-0.1, -0.05) is 6.07 Å². The molecule has 6 heteroatoms. The number of nitrogens with zero attached hydrogens (tertiary/aromatic N) is 2. The van der Waals surface area contributed by atoms with Crippen LogP contribution in [0.15, 0.2) is 29.2 Å². The molecule has 1 aromatic rings. The molecule has 0 spiro atoms. The fraction of sp³-hybridized carbons (Fsp3) is 0.500. The number of rotatable bonds is 2. The summed E-state index contributed by atoms with van der Waals surface area (Å²) in [5, 5.41) is 3.23. The van der Waals surface area contributed by atoms with E-state index in [1.807, 2.05) is 11.8 Å². The second kappa shape index (κ2) is 6.56. The lowest BCUT2D eigenvalue weighted by molar-refractivity contribution is -0.134. The molecule has 0 radical (unpaired) electrons. The van der Waals surface area contributed by atoms with E-state index >= 15 is 0 Å². The minimum absolute atomic E-state index is 0. The molecule has 1 aliphatic rings. The maximum absolute atomic E-state index is 12.1. The van der Waals surface area contributed by atoms with E-state index in [0.29, 0.717) is 6.54 Å². The number of halogens is 1. The van der Waals surface area contributed by atoms with Crippen molar-refractivity contribution >= 4 is 18.3 Å². The number of aromatic nitrogens is 1. The van der Waals surface area contributed by atoms with Crippen LogP contribution in [0.25, 0.3) is 0 Å². The van der Waals surface area contributed by atoms with Gasteiger partial charge in [0.05, 0.1) is 0 Å². The van der Waals surface area contributed by atoms with Crippen LogP contribution in [-0.2, 0) is 11.3 Å². The van der Waals surface area contributed by atoms with Crippen LogP contribution < -0.4 is 10.9 Å². The number of hydrogen-bond acceptors (Lipinski definition) is 3. The third kappa shape index (κ3) is 3.34. The fourth-order valence-corrected chi connectivity index (χ4v) is 2.04. The molecule has 1 fully saturated rings. The SMILES string of the molecule is C[C@@H]1CNCCN1C(=O)Cn1ccccc1=O.Cl. The Hall–Kier alpha value is -1.33. The second-order valence-corrected chi connectivity index (χ2v) is 4.31. The molecular formula is C12H18ClN3O2. The molecule has 2 rings (SSSR count). The highest BCUT2D eigenvalue weighted by molar-refractivity contribution is 5.85. The number of hydrogen-bond donors (Lipinski definition) is 1. The maximum Gasteiger partial charge on any atom is 0.250 e. The fourth-order valence-electron chi connectivity index (χ4n) is 2.04. The molecule has 1 N–H and O–H groups in total. The van der Waals surface area contributed by atoms with E-state index in [4.69, 9.17) is 0 Å². The number of nitrogens with one attached hydrogen (secondary N) is 1. The summed E-state index contributed by atoms with van der Waals surface area (Å²) in [6, 6.07) is 5.09. The van der Waals surface area contributed by atoms with E-state index in [0.717, 1.165) is 13.1 Å². The molecule has 5 nitrogen and oxygen atoms in total.